The molecule has 1 atom stereocenters. The number of hydrogen-bond donors (Lipinski definition) is 2. The van der Waals surface area contributed by atoms with E-state index >= 15 is 0 Å². The number of benzene rings is 1. The van der Waals surface area contributed by atoms with E-state index in [4.69, 9.17) is 9.47 Å². The molecule has 1 aliphatic rings. The minimum atomic E-state index is -0.220. The molecule has 24 heavy (non-hydrogen) atoms. The van der Waals surface area contributed by atoms with Crippen molar-refractivity contribution in [2.45, 2.75) is 32.9 Å². The first-order valence-corrected chi connectivity index (χ1v) is 8.84. The summed E-state index contributed by atoms with van der Waals surface area (Å²) in [6, 6.07) is 5.41. The van der Waals surface area contributed by atoms with Crippen LogP contribution >= 0.6 is 11.3 Å². The number of urea groups is 1. The molecule has 0 saturated heterocycles. The van der Waals surface area contributed by atoms with Crippen molar-refractivity contribution < 1.29 is 14.3 Å². The van der Waals surface area contributed by atoms with Crippen molar-refractivity contribution in [3.63, 3.8) is 0 Å². The largest absolute Gasteiger partial charge is 0.490 e. The van der Waals surface area contributed by atoms with Gasteiger partial charge in [0.05, 0.1) is 25.8 Å². The molecular formula is C17H21N3O3S. The molecule has 0 fully saturated rings. The summed E-state index contributed by atoms with van der Waals surface area (Å²) >= 11 is 1.54. The Morgan fingerprint density at radius 3 is 2.88 bits per heavy atom. The number of nitrogens with zero attached hydrogens (tertiary/aromatic N) is 1. The van der Waals surface area contributed by atoms with E-state index in [0.29, 0.717) is 19.8 Å². The van der Waals surface area contributed by atoms with Gasteiger partial charge < -0.3 is 20.1 Å². The van der Waals surface area contributed by atoms with Gasteiger partial charge in [-0.3, -0.25) is 0 Å². The molecule has 3 rings (SSSR count). The van der Waals surface area contributed by atoms with Crippen molar-refractivity contribution in [3.8, 4) is 11.5 Å². The number of amides is 2. The number of fused-ring (bicyclic) bond motifs is 1. The summed E-state index contributed by atoms with van der Waals surface area (Å²) in [7, 11) is 0. The van der Waals surface area contributed by atoms with Crippen LogP contribution in [0, 0.1) is 6.92 Å². The molecule has 2 heterocycles. The minimum Gasteiger partial charge on any atom is -0.490 e. The van der Waals surface area contributed by atoms with Crippen molar-refractivity contribution in [1.29, 1.82) is 0 Å². The second-order valence-corrected chi connectivity index (χ2v) is 6.63. The standard InChI is InChI=1S/C17H21N3O3S/c1-11-10-24-16(19-11)9-18-17(21)20-12(2)13-4-5-14-15(8-13)23-7-3-6-22-14/h4-5,8,10,12H,3,6-7,9H2,1-2H3,(H2,18,20,21)/t12-/m1/s1. The second kappa shape index (κ2) is 7.53. The van der Waals surface area contributed by atoms with Crippen molar-refractivity contribution >= 4 is 17.4 Å². The van der Waals surface area contributed by atoms with Crippen LogP contribution in [-0.4, -0.2) is 24.2 Å². The van der Waals surface area contributed by atoms with Gasteiger partial charge in [-0.15, -0.1) is 11.3 Å². The molecule has 0 aliphatic carbocycles. The van der Waals surface area contributed by atoms with E-state index in [9.17, 15) is 4.79 Å². The predicted octanol–water partition coefficient (Wildman–Crippen LogP) is 3.17. The van der Waals surface area contributed by atoms with Crippen molar-refractivity contribution in [3.05, 3.63) is 39.8 Å². The Morgan fingerprint density at radius 1 is 1.33 bits per heavy atom. The molecule has 2 N–H and O–H groups in total. The van der Waals surface area contributed by atoms with Crippen LogP contribution in [-0.2, 0) is 6.54 Å². The lowest BCUT2D eigenvalue weighted by molar-refractivity contribution is 0.237. The Bertz CT molecular complexity index is 717. The third-order valence-electron chi connectivity index (χ3n) is 3.69. The quantitative estimate of drug-likeness (QED) is 0.891. The molecule has 6 nitrogen and oxygen atoms in total. The molecule has 0 spiro atoms. The lowest BCUT2D eigenvalue weighted by Crippen LogP contribution is -2.36. The molecule has 2 amide bonds. The Kier molecular flexibility index (Phi) is 5.20. The Labute approximate surface area is 145 Å². The van der Waals surface area contributed by atoms with Crippen LogP contribution in [0.2, 0.25) is 0 Å². The monoisotopic (exact) mass is 347 g/mol. The van der Waals surface area contributed by atoms with Crippen LogP contribution in [0.1, 0.15) is 35.7 Å². The number of aromatic nitrogens is 1. The summed E-state index contributed by atoms with van der Waals surface area (Å²) in [5.74, 6) is 1.49. The predicted molar refractivity (Wildman–Crippen MR) is 92.7 cm³/mol. The zero-order valence-corrected chi connectivity index (χ0v) is 14.6. The van der Waals surface area contributed by atoms with E-state index in [-0.39, 0.29) is 12.1 Å². The third-order valence-corrected chi connectivity index (χ3v) is 4.65. The van der Waals surface area contributed by atoms with Gasteiger partial charge in [-0.1, -0.05) is 6.07 Å². The molecule has 7 heteroatoms. The van der Waals surface area contributed by atoms with Crippen LogP contribution < -0.4 is 20.1 Å². The topological polar surface area (TPSA) is 72.5 Å². The van der Waals surface area contributed by atoms with E-state index in [2.05, 4.69) is 15.6 Å². The molecule has 0 saturated carbocycles. The fraction of sp³-hybridized carbons (Fsp3) is 0.412. The highest BCUT2D eigenvalue weighted by Gasteiger charge is 2.15. The SMILES string of the molecule is Cc1csc(CNC(=O)N[C@H](C)c2ccc3c(c2)OCCCO3)n1. The van der Waals surface area contributed by atoms with Gasteiger partial charge in [-0.25, -0.2) is 9.78 Å². The van der Waals surface area contributed by atoms with Crippen LogP contribution in [0.5, 0.6) is 11.5 Å². The van der Waals surface area contributed by atoms with Crippen LogP contribution in [0.4, 0.5) is 4.79 Å². The van der Waals surface area contributed by atoms with Crippen molar-refractivity contribution in [2.75, 3.05) is 13.2 Å². The van der Waals surface area contributed by atoms with Gasteiger partial charge in [0.1, 0.15) is 5.01 Å². The number of nitrogens with one attached hydrogen (secondary N) is 2. The normalized spacial score (nSPS) is 14.6. The van der Waals surface area contributed by atoms with E-state index in [1.807, 2.05) is 37.4 Å². The number of thiazole rings is 1. The van der Waals surface area contributed by atoms with E-state index in [1.54, 1.807) is 11.3 Å². The van der Waals surface area contributed by atoms with E-state index in [1.165, 1.54) is 0 Å². The Hall–Kier alpha value is -2.28. The first kappa shape index (κ1) is 16.6. The average molecular weight is 347 g/mol. The number of aryl methyl sites for hydroxylation is 1. The van der Waals surface area contributed by atoms with Crippen LogP contribution in [0.15, 0.2) is 23.6 Å². The van der Waals surface area contributed by atoms with E-state index in [0.717, 1.165) is 34.2 Å². The maximum Gasteiger partial charge on any atom is 0.315 e. The highest BCUT2D eigenvalue weighted by molar-refractivity contribution is 7.09. The second-order valence-electron chi connectivity index (χ2n) is 5.69. The molecule has 2 aromatic rings. The number of carbonyl (C=O) groups is 1. The Morgan fingerprint density at radius 2 is 2.12 bits per heavy atom. The fourth-order valence-electron chi connectivity index (χ4n) is 2.42. The number of carbonyl (C=O) groups excluding carboxylic acids is 1. The van der Waals surface area contributed by atoms with Gasteiger partial charge in [-0.05, 0) is 31.5 Å². The van der Waals surface area contributed by atoms with Gasteiger partial charge in [0.15, 0.2) is 11.5 Å². The molecule has 0 bridgehead atoms. The first-order valence-electron chi connectivity index (χ1n) is 7.97. The number of ether oxygens (including phenoxy) is 2. The lowest BCUT2D eigenvalue weighted by atomic mass is 10.1. The molecule has 1 aliphatic heterocycles. The van der Waals surface area contributed by atoms with Crippen LogP contribution in [0.25, 0.3) is 0 Å². The number of hydrogen-bond acceptors (Lipinski definition) is 5. The zero-order chi connectivity index (χ0) is 16.9. The molecule has 1 aromatic heterocycles. The molecule has 1 aromatic carbocycles. The first-order chi connectivity index (χ1) is 11.6. The van der Waals surface area contributed by atoms with Crippen molar-refractivity contribution in [2.24, 2.45) is 0 Å². The summed E-state index contributed by atoms with van der Waals surface area (Å²) in [6.45, 7) is 5.61. The molecular weight excluding hydrogens is 326 g/mol. The smallest absolute Gasteiger partial charge is 0.315 e. The summed E-state index contributed by atoms with van der Waals surface area (Å²) in [5, 5.41) is 8.62. The van der Waals surface area contributed by atoms with Crippen LogP contribution in [0.3, 0.4) is 0 Å². The minimum absolute atomic E-state index is 0.139. The zero-order valence-electron chi connectivity index (χ0n) is 13.8. The summed E-state index contributed by atoms with van der Waals surface area (Å²) in [5.41, 5.74) is 1.94. The highest BCUT2D eigenvalue weighted by Crippen LogP contribution is 2.32. The molecule has 128 valence electrons. The maximum atomic E-state index is 12.0. The highest BCUT2D eigenvalue weighted by atomic mass is 32.1. The Balaban J connectivity index is 1.56. The average Bonchev–Trinajstić information content (AvgIpc) is 2.84. The molecule has 0 unspecified atom stereocenters. The van der Waals surface area contributed by atoms with E-state index < -0.39 is 0 Å². The molecule has 0 radical (unpaired) electrons. The lowest BCUT2D eigenvalue weighted by Gasteiger charge is -2.16. The van der Waals surface area contributed by atoms with Gasteiger partial charge in [0, 0.05) is 17.5 Å². The fourth-order valence-corrected chi connectivity index (χ4v) is 3.13. The van der Waals surface area contributed by atoms with Gasteiger partial charge in [0.25, 0.3) is 0 Å². The maximum absolute atomic E-state index is 12.0. The summed E-state index contributed by atoms with van der Waals surface area (Å²) in [4.78, 5) is 16.4. The van der Waals surface area contributed by atoms with Gasteiger partial charge in [-0.2, -0.15) is 0 Å². The summed E-state index contributed by atoms with van der Waals surface area (Å²) < 4.78 is 11.3. The third kappa shape index (κ3) is 4.17. The van der Waals surface area contributed by atoms with Gasteiger partial charge in [0.2, 0.25) is 0 Å². The number of rotatable bonds is 4. The van der Waals surface area contributed by atoms with Gasteiger partial charge >= 0.3 is 6.03 Å². The van der Waals surface area contributed by atoms with Crippen molar-refractivity contribution in [1.82, 2.24) is 15.6 Å². The summed E-state index contributed by atoms with van der Waals surface area (Å²) in [6.07, 6.45) is 0.871.